The van der Waals surface area contributed by atoms with Gasteiger partial charge in [-0.15, -0.1) is 0 Å². The lowest BCUT2D eigenvalue weighted by atomic mass is 10.0. The van der Waals surface area contributed by atoms with Crippen LogP contribution in [-0.2, 0) is 4.74 Å². The predicted molar refractivity (Wildman–Crippen MR) is 69.6 cm³/mol. The fraction of sp³-hybridized carbons (Fsp3) is 0.333. The van der Waals surface area contributed by atoms with E-state index in [0.29, 0.717) is 5.56 Å². The Bertz CT molecular complexity index is 594. The van der Waals surface area contributed by atoms with Crippen LogP contribution in [-0.4, -0.2) is 23.0 Å². The van der Waals surface area contributed by atoms with Gasteiger partial charge in [-0.1, -0.05) is 18.2 Å². The maximum absolute atomic E-state index is 12.3. The average Bonchev–Trinajstić information content (AvgIpc) is 2.84. The minimum absolute atomic E-state index is 0.0533. The molecule has 92 valence electrons. The van der Waals surface area contributed by atoms with Gasteiger partial charge in [0.1, 0.15) is 6.10 Å². The number of ketones is 1. The van der Waals surface area contributed by atoms with Crippen molar-refractivity contribution >= 4 is 16.7 Å². The Labute approximate surface area is 106 Å². The van der Waals surface area contributed by atoms with Gasteiger partial charge in [0, 0.05) is 17.1 Å². The largest absolute Gasteiger partial charge is 0.367 e. The molecule has 1 saturated heterocycles. The van der Waals surface area contributed by atoms with Gasteiger partial charge in [0.05, 0.1) is 11.6 Å². The van der Waals surface area contributed by atoms with Crippen molar-refractivity contribution < 1.29 is 9.53 Å². The lowest BCUT2D eigenvalue weighted by Gasteiger charge is -2.10. The second-order valence-electron chi connectivity index (χ2n) is 4.79. The molecule has 1 aromatic heterocycles. The van der Waals surface area contributed by atoms with Crippen LogP contribution in [0.25, 0.3) is 10.9 Å². The Morgan fingerprint density at radius 1 is 1.33 bits per heavy atom. The first-order valence-corrected chi connectivity index (χ1v) is 6.28. The molecule has 0 aliphatic carbocycles. The molecule has 1 aromatic carbocycles. The van der Waals surface area contributed by atoms with E-state index in [4.69, 9.17) is 4.74 Å². The highest BCUT2D eigenvalue weighted by molar-refractivity contribution is 6.01. The molecular formula is C15H15NO2. The first-order chi connectivity index (χ1) is 8.74. The highest BCUT2D eigenvalue weighted by Crippen LogP contribution is 2.23. The standard InChI is InChI=1S/C15H15NO2/c1-10-6-7-14(18-10)15(17)12-8-11-4-2-3-5-13(11)16-9-12/h2-5,8-10,14H,6-7H2,1H3. The van der Waals surface area contributed by atoms with Crippen molar-refractivity contribution in [1.82, 2.24) is 4.98 Å². The van der Waals surface area contributed by atoms with Crippen LogP contribution in [0.2, 0.25) is 0 Å². The number of benzene rings is 1. The molecule has 0 radical (unpaired) electrons. The van der Waals surface area contributed by atoms with Crippen molar-refractivity contribution in [3.8, 4) is 0 Å². The van der Waals surface area contributed by atoms with Gasteiger partial charge >= 0.3 is 0 Å². The highest BCUT2D eigenvalue weighted by atomic mass is 16.5. The maximum Gasteiger partial charge on any atom is 0.193 e. The normalized spacial score (nSPS) is 23.4. The number of hydrogen-bond acceptors (Lipinski definition) is 3. The van der Waals surface area contributed by atoms with Crippen molar-refractivity contribution in [2.24, 2.45) is 0 Å². The van der Waals surface area contributed by atoms with Crippen molar-refractivity contribution in [2.45, 2.75) is 32.0 Å². The molecule has 2 atom stereocenters. The molecule has 2 aromatic rings. The molecule has 1 aliphatic heterocycles. The molecule has 2 unspecified atom stereocenters. The van der Waals surface area contributed by atoms with Gasteiger partial charge in [-0.05, 0) is 31.9 Å². The van der Waals surface area contributed by atoms with Crippen molar-refractivity contribution in [3.05, 3.63) is 42.1 Å². The van der Waals surface area contributed by atoms with E-state index in [1.165, 1.54) is 0 Å². The van der Waals surface area contributed by atoms with E-state index in [0.717, 1.165) is 23.7 Å². The summed E-state index contributed by atoms with van der Waals surface area (Å²) in [6.45, 7) is 2.01. The van der Waals surface area contributed by atoms with Crippen LogP contribution in [0, 0.1) is 0 Å². The summed E-state index contributed by atoms with van der Waals surface area (Å²) in [4.78, 5) is 16.6. The number of rotatable bonds is 2. The van der Waals surface area contributed by atoms with E-state index in [1.54, 1.807) is 6.20 Å². The smallest absolute Gasteiger partial charge is 0.193 e. The first kappa shape index (κ1) is 11.4. The number of nitrogens with zero attached hydrogens (tertiary/aromatic N) is 1. The second kappa shape index (κ2) is 4.50. The molecule has 3 rings (SSSR count). The van der Waals surface area contributed by atoms with Crippen LogP contribution < -0.4 is 0 Å². The van der Waals surface area contributed by atoms with Gasteiger partial charge in [-0.3, -0.25) is 9.78 Å². The average molecular weight is 241 g/mol. The Kier molecular flexibility index (Phi) is 2.84. The van der Waals surface area contributed by atoms with E-state index in [2.05, 4.69) is 4.98 Å². The Balaban J connectivity index is 1.92. The third kappa shape index (κ3) is 2.02. The molecule has 0 spiro atoms. The SMILES string of the molecule is CC1CCC(C(=O)c2cnc3ccccc3c2)O1. The van der Waals surface area contributed by atoms with Gasteiger partial charge in [0.15, 0.2) is 5.78 Å². The maximum atomic E-state index is 12.3. The van der Waals surface area contributed by atoms with E-state index >= 15 is 0 Å². The van der Waals surface area contributed by atoms with Gasteiger partial charge in [-0.25, -0.2) is 0 Å². The fourth-order valence-electron chi connectivity index (χ4n) is 2.39. The van der Waals surface area contributed by atoms with Gasteiger partial charge in [-0.2, -0.15) is 0 Å². The molecule has 1 aliphatic rings. The van der Waals surface area contributed by atoms with Crippen LogP contribution in [0.1, 0.15) is 30.1 Å². The van der Waals surface area contributed by atoms with Crippen LogP contribution in [0.3, 0.4) is 0 Å². The number of carbonyl (C=O) groups is 1. The van der Waals surface area contributed by atoms with Crippen LogP contribution in [0.5, 0.6) is 0 Å². The number of carbonyl (C=O) groups excluding carboxylic acids is 1. The van der Waals surface area contributed by atoms with Crippen LogP contribution >= 0.6 is 0 Å². The van der Waals surface area contributed by atoms with Gasteiger partial charge in [0.2, 0.25) is 0 Å². The minimum atomic E-state index is -0.289. The molecule has 0 N–H and O–H groups in total. The molecule has 1 fully saturated rings. The van der Waals surface area contributed by atoms with Gasteiger partial charge in [0.25, 0.3) is 0 Å². The molecule has 2 heterocycles. The van der Waals surface area contributed by atoms with E-state index < -0.39 is 0 Å². The number of para-hydroxylation sites is 1. The van der Waals surface area contributed by atoms with Crippen molar-refractivity contribution in [2.75, 3.05) is 0 Å². The minimum Gasteiger partial charge on any atom is -0.367 e. The number of ether oxygens (including phenoxy) is 1. The Hall–Kier alpha value is -1.74. The first-order valence-electron chi connectivity index (χ1n) is 6.28. The Morgan fingerprint density at radius 2 is 2.17 bits per heavy atom. The summed E-state index contributed by atoms with van der Waals surface area (Å²) in [5.74, 6) is 0.0533. The van der Waals surface area contributed by atoms with Crippen LogP contribution in [0.15, 0.2) is 36.5 Å². The van der Waals surface area contributed by atoms with Crippen LogP contribution in [0.4, 0.5) is 0 Å². The summed E-state index contributed by atoms with van der Waals surface area (Å²) in [7, 11) is 0. The topological polar surface area (TPSA) is 39.2 Å². The quantitative estimate of drug-likeness (QED) is 0.759. The predicted octanol–water partition coefficient (Wildman–Crippen LogP) is 2.99. The number of aromatic nitrogens is 1. The highest BCUT2D eigenvalue weighted by Gasteiger charge is 2.29. The van der Waals surface area contributed by atoms with Gasteiger partial charge < -0.3 is 4.74 Å². The third-order valence-electron chi connectivity index (χ3n) is 3.40. The second-order valence-corrected chi connectivity index (χ2v) is 4.79. The zero-order valence-corrected chi connectivity index (χ0v) is 10.3. The molecular weight excluding hydrogens is 226 g/mol. The summed E-state index contributed by atoms with van der Waals surface area (Å²) in [5, 5.41) is 0.995. The lowest BCUT2D eigenvalue weighted by Crippen LogP contribution is -2.20. The molecule has 0 amide bonds. The summed E-state index contributed by atoms with van der Waals surface area (Å²) < 4.78 is 5.61. The summed E-state index contributed by atoms with van der Waals surface area (Å²) >= 11 is 0. The molecule has 0 bridgehead atoms. The summed E-state index contributed by atoms with van der Waals surface area (Å²) in [6, 6.07) is 9.71. The van der Waals surface area contributed by atoms with Crippen molar-refractivity contribution in [3.63, 3.8) is 0 Å². The summed E-state index contributed by atoms with van der Waals surface area (Å²) in [5.41, 5.74) is 1.56. The number of pyridine rings is 1. The van der Waals surface area contributed by atoms with Crippen molar-refractivity contribution in [1.29, 1.82) is 0 Å². The lowest BCUT2D eigenvalue weighted by molar-refractivity contribution is 0.0433. The molecule has 0 saturated carbocycles. The Morgan fingerprint density at radius 3 is 2.94 bits per heavy atom. The fourth-order valence-corrected chi connectivity index (χ4v) is 2.39. The van der Waals surface area contributed by atoms with E-state index in [-0.39, 0.29) is 18.0 Å². The summed E-state index contributed by atoms with van der Waals surface area (Å²) in [6.07, 6.45) is 3.32. The number of hydrogen-bond donors (Lipinski definition) is 0. The number of Topliss-reactive ketones (excluding diaryl/α,β-unsaturated/α-hetero) is 1. The third-order valence-corrected chi connectivity index (χ3v) is 3.40. The zero-order valence-electron chi connectivity index (χ0n) is 10.3. The zero-order chi connectivity index (χ0) is 12.5. The van der Waals surface area contributed by atoms with E-state index in [9.17, 15) is 4.79 Å². The molecule has 18 heavy (non-hydrogen) atoms. The number of fused-ring (bicyclic) bond motifs is 1. The monoisotopic (exact) mass is 241 g/mol. The van der Waals surface area contributed by atoms with E-state index in [1.807, 2.05) is 37.3 Å². The molecule has 3 heteroatoms. The molecule has 3 nitrogen and oxygen atoms in total.